The van der Waals surface area contributed by atoms with Crippen LogP contribution in [0.3, 0.4) is 0 Å². The summed E-state index contributed by atoms with van der Waals surface area (Å²) in [4.78, 5) is 34.7. The number of anilines is 2. The Balaban J connectivity index is 1.37. The lowest BCUT2D eigenvalue weighted by Crippen LogP contribution is -2.50. The summed E-state index contributed by atoms with van der Waals surface area (Å²) in [6, 6.07) is 9.11. The van der Waals surface area contributed by atoms with E-state index in [4.69, 9.17) is 15.8 Å². The minimum absolute atomic E-state index is 0.0101. The molecule has 1 saturated carbocycles. The van der Waals surface area contributed by atoms with Crippen molar-refractivity contribution in [2.45, 2.75) is 12.8 Å². The molecule has 4 heterocycles. The van der Waals surface area contributed by atoms with Gasteiger partial charge in [0, 0.05) is 68.6 Å². The molecule has 3 aromatic rings. The first-order chi connectivity index (χ1) is 17.7. The highest BCUT2D eigenvalue weighted by atomic mass is 32.2. The molecule has 1 aromatic carbocycles. The van der Waals surface area contributed by atoms with Crippen LogP contribution in [0, 0.1) is 11.8 Å². The van der Waals surface area contributed by atoms with E-state index < -0.39 is 10.0 Å². The SMILES string of the molecule is CS(=O)(=O)N1CCN(C(=O)c2cc3c(N4CC5CCC(C4)C5=O)nc(-c4ccc(N)cc4)nn3c2)CC1. The Labute approximate surface area is 214 Å². The average Bonchev–Trinajstić information content (AvgIpc) is 3.38. The zero-order chi connectivity index (χ0) is 25.9. The predicted octanol–water partition coefficient (Wildman–Crippen LogP) is 1.11. The minimum atomic E-state index is -3.28. The number of rotatable bonds is 4. The van der Waals surface area contributed by atoms with Crippen LogP contribution >= 0.6 is 0 Å². The van der Waals surface area contributed by atoms with Crippen LogP contribution in [0.4, 0.5) is 11.5 Å². The highest BCUT2D eigenvalue weighted by Crippen LogP contribution is 2.37. The summed E-state index contributed by atoms with van der Waals surface area (Å²) in [7, 11) is -3.28. The van der Waals surface area contributed by atoms with E-state index >= 15 is 0 Å². The van der Waals surface area contributed by atoms with Gasteiger partial charge >= 0.3 is 0 Å². The van der Waals surface area contributed by atoms with Crippen molar-refractivity contribution in [2.24, 2.45) is 11.8 Å². The number of piperidine rings is 1. The molecule has 2 saturated heterocycles. The number of fused-ring (bicyclic) bond motifs is 3. The van der Waals surface area contributed by atoms with Gasteiger partial charge in [-0.1, -0.05) is 0 Å². The van der Waals surface area contributed by atoms with Gasteiger partial charge in [-0.05, 0) is 43.2 Å². The van der Waals surface area contributed by atoms with Crippen LogP contribution in [0.5, 0.6) is 0 Å². The third-order valence-corrected chi connectivity index (χ3v) is 9.01. The number of hydrogen-bond acceptors (Lipinski definition) is 8. The van der Waals surface area contributed by atoms with E-state index in [9.17, 15) is 18.0 Å². The molecule has 2 atom stereocenters. The fourth-order valence-corrected chi connectivity index (χ4v) is 6.48. The maximum absolute atomic E-state index is 13.4. The largest absolute Gasteiger partial charge is 0.399 e. The molecular weight excluding hydrogens is 494 g/mol. The van der Waals surface area contributed by atoms with E-state index in [-0.39, 0.29) is 30.8 Å². The van der Waals surface area contributed by atoms with Crippen molar-refractivity contribution in [2.75, 3.05) is 56.2 Å². The first kappa shape index (κ1) is 23.9. The Hall–Kier alpha value is -3.51. The van der Waals surface area contributed by atoms with Crippen LogP contribution < -0.4 is 10.6 Å². The van der Waals surface area contributed by atoms with E-state index in [2.05, 4.69) is 4.90 Å². The van der Waals surface area contributed by atoms with E-state index in [1.54, 1.807) is 33.8 Å². The number of nitrogens with two attached hydrogens (primary N) is 1. The molecule has 12 heteroatoms. The zero-order valence-corrected chi connectivity index (χ0v) is 21.4. The van der Waals surface area contributed by atoms with Gasteiger partial charge in [0.25, 0.3) is 5.91 Å². The number of aromatic nitrogens is 3. The number of sulfonamides is 1. The Morgan fingerprint density at radius 3 is 2.30 bits per heavy atom. The summed E-state index contributed by atoms with van der Waals surface area (Å²) in [5.74, 6) is 1.40. The molecular formula is C25H29N7O4S. The van der Waals surface area contributed by atoms with Crippen molar-refractivity contribution in [1.82, 2.24) is 23.8 Å². The van der Waals surface area contributed by atoms with Gasteiger partial charge in [-0.2, -0.15) is 4.31 Å². The molecule has 2 N–H and O–H groups in total. The standard InChI is InChI=1S/C25H29N7O4S/c1-37(35,36)31-10-8-29(9-11-31)25(34)19-12-21-24(30-13-17-2-3-18(14-30)22(17)33)27-23(28-32(21)15-19)16-4-6-20(26)7-5-16/h4-7,12,15,17-18H,2-3,8-11,13-14,26H2,1H3. The first-order valence-electron chi connectivity index (χ1n) is 12.5. The average molecular weight is 524 g/mol. The predicted molar refractivity (Wildman–Crippen MR) is 139 cm³/mol. The second kappa shape index (κ2) is 8.80. The van der Waals surface area contributed by atoms with Gasteiger partial charge in [0.15, 0.2) is 11.6 Å². The number of nitrogen functional groups attached to an aromatic ring is 1. The number of carbonyl (C=O) groups excluding carboxylic acids is 2. The molecule has 1 aliphatic carbocycles. The van der Waals surface area contributed by atoms with Crippen LogP contribution in [0.25, 0.3) is 16.9 Å². The highest BCUT2D eigenvalue weighted by molar-refractivity contribution is 7.88. The number of nitrogens with zero attached hydrogens (tertiary/aromatic N) is 6. The second-order valence-corrected chi connectivity index (χ2v) is 12.2. The molecule has 2 bridgehead atoms. The maximum atomic E-state index is 13.4. The molecule has 11 nitrogen and oxygen atoms in total. The lowest BCUT2D eigenvalue weighted by molar-refractivity contribution is -0.124. The van der Waals surface area contributed by atoms with Crippen LogP contribution in [-0.4, -0.2) is 89.4 Å². The maximum Gasteiger partial charge on any atom is 0.255 e. The molecule has 2 unspecified atom stereocenters. The number of amides is 1. The molecule has 2 aliphatic heterocycles. The molecule has 194 valence electrons. The summed E-state index contributed by atoms with van der Waals surface area (Å²) in [6.45, 7) is 2.40. The Morgan fingerprint density at radius 2 is 1.68 bits per heavy atom. The van der Waals surface area contributed by atoms with Crippen molar-refractivity contribution in [1.29, 1.82) is 0 Å². The zero-order valence-electron chi connectivity index (χ0n) is 20.6. The Kier molecular flexibility index (Phi) is 5.68. The summed E-state index contributed by atoms with van der Waals surface area (Å²) in [5, 5.41) is 4.70. The quantitative estimate of drug-likeness (QED) is 0.503. The highest BCUT2D eigenvalue weighted by Gasteiger charge is 2.41. The third kappa shape index (κ3) is 4.33. The molecule has 1 amide bonds. The molecule has 2 aromatic heterocycles. The molecule has 0 radical (unpaired) electrons. The van der Waals surface area contributed by atoms with Gasteiger partial charge in [-0.25, -0.2) is 17.9 Å². The van der Waals surface area contributed by atoms with Crippen LogP contribution in [0.15, 0.2) is 36.5 Å². The van der Waals surface area contributed by atoms with Crippen LogP contribution in [0.2, 0.25) is 0 Å². The topological polar surface area (TPSA) is 134 Å². The van der Waals surface area contributed by atoms with Crippen molar-refractivity contribution < 1.29 is 18.0 Å². The van der Waals surface area contributed by atoms with E-state index in [0.717, 1.165) is 18.4 Å². The summed E-state index contributed by atoms with van der Waals surface area (Å²) in [6.07, 6.45) is 4.69. The smallest absolute Gasteiger partial charge is 0.255 e. The number of hydrogen-bond donors (Lipinski definition) is 1. The fourth-order valence-electron chi connectivity index (χ4n) is 5.66. The van der Waals surface area contributed by atoms with Crippen LogP contribution in [0.1, 0.15) is 23.2 Å². The van der Waals surface area contributed by atoms with Crippen LogP contribution in [-0.2, 0) is 14.8 Å². The minimum Gasteiger partial charge on any atom is -0.399 e. The van der Waals surface area contributed by atoms with Gasteiger partial charge in [-0.15, -0.1) is 5.10 Å². The number of piperazine rings is 1. The lowest BCUT2D eigenvalue weighted by Gasteiger charge is -2.33. The van der Waals surface area contributed by atoms with Gasteiger partial charge in [0.05, 0.1) is 11.8 Å². The molecule has 3 fully saturated rings. The van der Waals surface area contributed by atoms with Crippen molar-refractivity contribution in [3.05, 3.63) is 42.1 Å². The Morgan fingerprint density at radius 1 is 1.03 bits per heavy atom. The van der Waals surface area contributed by atoms with E-state index in [1.165, 1.54) is 10.6 Å². The number of ketones is 1. The molecule has 37 heavy (non-hydrogen) atoms. The first-order valence-corrected chi connectivity index (χ1v) is 14.3. The van der Waals surface area contributed by atoms with Gasteiger partial charge < -0.3 is 15.5 Å². The van der Waals surface area contributed by atoms with Crippen molar-refractivity contribution in [3.8, 4) is 11.4 Å². The summed E-state index contributed by atoms with van der Waals surface area (Å²) >= 11 is 0. The van der Waals surface area contributed by atoms with Gasteiger partial charge in [-0.3, -0.25) is 9.59 Å². The Bertz CT molecular complexity index is 1480. The normalized spacial score (nSPS) is 22.7. The lowest BCUT2D eigenvalue weighted by atomic mass is 9.97. The van der Waals surface area contributed by atoms with Crippen molar-refractivity contribution in [3.63, 3.8) is 0 Å². The summed E-state index contributed by atoms with van der Waals surface area (Å²) < 4.78 is 26.8. The monoisotopic (exact) mass is 523 g/mol. The summed E-state index contributed by atoms with van der Waals surface area (Å²) in [5.41, 5.74) is 8.47. The second-order valence-electron chi connectivity index (χ2n) is 10.2. The molecule has 0 spiro atoms. The number of Topliss-reactive ketones (excluding diaryl/α,β-unsaturated/α-hetero) is 1. The third-order valence-electron chi connectivity index (χ3n) is 7.70. The fraction of sp³-hybridized carbons (Fsp3) is 0.440. The van der Waals surface area contributed by atoms with Crippen molar-refractivity contribution >= 4 is 38.7 Å². The molecule has 6 rings (SSSR count). The van der Waals surface area contributed by atoms with E-state index in [0.29, 0.717) is 60.4 Å². The number of carbonyl (C=O) groups is 2. The van der Waals surface area contributed by atoms with E-state index in [1.807, 2.05) is 12.1 Å². The van der Waals surface area contributed by atoms with Gasteiger partial charge in [0.1, 0.15) is 11.3 Å². The molecule has 3 aliphatic rings. The van der Waals surface area contributed by atoms with Gasteiger partial charge in [0.2, 0.25) is 10.0 Å². The number of benzene rings is 1.